The Morgan fingerprint density at radius 2 is 2.29 bits per heavy atom. The van der Waals surface area contributed by atoms with Gasteiger partial charge in [0.05, 0.1) is 12.8 Å². The minimum Gasteiger partial charge on any atom is -0.495 e. The quantitative estimate of drug-likeness (QED) is 0.639. The zero-order chi connectivity index (χ0) is 10.1. The van der Waals surface area contributed by atoms with Gasteiger partial charge in [0.2, 0.25) is 0 Å². The van der Waals surface area contributed by atoms with Crippen LogP contribution >= 0.6 is 0 Å². The van der Waals surface area contributed by atoms with E-state index in [1.165, 1.54) is 0 Å². The van der Waals surface area contributed by atoms with E-state index in [2.05, 4.69) is 5.32 Å². The predicted molar refractivity (Wildman–Crippen MR) is 53.4 cm³/mol. The topological polar surface area (TPSA) is 64.3 Å². The molecule has 0 radical (unpaired) electrons. The second kappa shape index (κ2) is 3.21. The van der Waals surface area contributed by atoms with Crippen molar-refractivity contribution in [3.8, 4) is 5.75 Å². The molecule has 1 aliphatic rings. The number of ether oxygens (including phenoxy) is 1. The van der Waals surface area contributed by atoms with Gasteiger partial charge in [-0.1, -0.05) is 0 Å². The molecule has 3 N–H and O–H groups in total. The zero-order valence-corrected chi connectivity index (χ0v) is 7.96. The minimum atomic E-state index is -0.0550. The maximum atomic E-state index is 11.4. The van der Waals surface area contributed by atoms with E-state index in [9.17, 15) is 4.79 Å². The molecule has 0 aromatic heterocycles. The molecule has 0 spiro atoms. The molecule has 2 rings (SSSR count). The van der Waals surface area contributed by atoms with E-state index in [4.69, 9.17) is 10.5 Å². The third-order valence-electron chi connectivity index (χ3n) is 2.38. The number of rotatable bonds is 1. The van der Waals surface area contributed by atoms with E-state index in [0.717, 1.165) is 12.0 Å². The van der Waals surface area contributed by atoms with Gasteiger partial charge in [-0.2, -0.15) is 0 Å². The van der Waals surface area contributed by atoms with E-state index >= 15 is 0 Å². The highest BCUT2D eigenvalue weighted by molar-refractivity contribution is 5.98. The molecule has 4 nitrogen and oxygen atoms in total. The lowest BCUT2D eigenvalue weighted by Gasteiger charge is -2.18. The van der Waals surface area contributed by atoms with Crippen molar-refractivity contribution in [1.82, 2.24) is 5.32 Å². The molecule has 0 fully saturated rings. The maximum absolute atomic E-state index is 11.4. The first-order valence-corrected chi connectivity index (χ1v) is 4.47. The summed E-state index contributed by atoms with van der Waals surface area (Å²) in [6, 6.07) is 3.51. The fourth-order valence-electron chi connectivity index (χ4n) is 1.64. The van der Waals surface area contributed by atoms with Gasteiger partial charge in [-0.3, -0.25) is 4.79 Å². The largest absolute Gasteiger partial charge is 0.495 e. The summed E-state index contributed by atoms with van der Waals surface area (Å²) < 4.78 is 5.09. The van der Waals surface area contributed by atoms with Crippen molar-refractivity contribution in [2.75, 3.05) is 19.4 Å². The van der Waals surface area contributed by atoms with Gasteiger partial charge < -0.3 is 15.8 Å². The zero-order valence-electron chi connectivity index (χ0n) is 7.96. The van der Waals surface area contributed by atoms with Crippen LogP contribution in [0.1, 0.15) is 15.9 Å². The third kappa shape index (κ3) is 1.28. The van der Waals surface area contributed by atoms with Crippen LogP contribution in [0, 0.1) is 0 Å². The van der Waals surface area contributed by atoms with Gasteiger partial charge >= 0.3 is 0 Å². The Hall–Kier alpha value is -1.71. The Bertz CT molecular complexity index is 388. The lowest BCUT2D eigenvalue weighted by atomic mass is 9.99. The fraction of sp³-hybridized carbons (Fsp3) is 0.300. The summed E-state index contributed by atoms with van der Waals surface area (Å²) in [6.07, 6.45) is 0.831. The summed E-state index contributed by atoms with van der Waals surface area (Å²) in [5.41, 5.74) is 7.88. The number of carbonyl (C=O) groups is 1. The second-order valence-electron chi connectivity index (χ2n) is 3.26. The Balaban J connectivity index is 2.54. The van der Waals surface area contributed by atoms with Gasteiger partial charge in [-0.25, -0.2) is 0 Å². The molecule has 0 aliphatic carbocycles. The molecular formula is C10H12N2O2. The van der Waals surface area contributed by atoms with Gasteiger partial charge in [0, 0.05) is 12.1 Å². The van der Waals surface area contributed by atoms with E-state index in [1.807, 2.05) is 6.07 Å². The van der Waals surface area contributed by atoms with E-state index in [0.29, 0.717) is 23.5 Å². The molecule has 1 aliphatic heterocycles. The molecule has 0 bridgehead atoms. The Kier molecular flexibility index (Phi) is 2.04. The third-order valence-corrected chi connectivity index (χ3v) is 2.38. The highest BCUT2D eigenvalue weighted by Gasteiger charge is 2.18. The maximum Gasteiger partial charge on any atom is 0.251 e. The van der Waals surface area contributed by atoms with Crippen LogP contribution in [0.5, 0.6) is 5.75 Å². The number of carbonyl (C=O) groups excluding carboxylic acids is 1. The summed E-state index contributed by atoms with van der Waals surface area (Å²) in [4.78, 5) is 11.4. The monoisotopic (exact) mass is 192 g/mol. The van der Waals surface area contributed by atoms with Crippen LogP contribution in [0.4, 0.5) is 5.69 Å². The number of hydrogen-bond donors (Lipinski definition) is 2. The highest BCUT2D eigenvalue weighted by atomic mass is 16.5. The summed E-state index contributed by atoms with van der Waals surface area (Å²) in [5, 5.41) is 2.77. The minimum absolute atomic E-state index is 0.0550. The molecule has 4 heteroatoms. The van der Waals surface area contributed by atoms with Gasteiger partial charge in [-0.05, 0) is 24.1 Å². The summed E-state index contributed by atoms with van der Waals surface area (Å²) in [7, 11) is 1.57. The van der Waals surface area contributed by atoms with Crippen LogP contribution in [-0.2, 0) is 6.42 Å². The van der Waals surface area contributed by atoms with Crippen molar-refractivity contribution in [3.63, 3.8) is 0 Å². The van der Waals surface area contributed by atoms with Crippen LogP contribution in [0.3, 0.4) is 0 Å². The number of methoxy groups -OCH3 is 1. The average Bonchev–Trinajstić information content (AvgIpc) is 2.19. The molecule has 0 unspecified atom stereocenters. The molecule has 0 atom stereocenters. The van der Waals surface area contributed by atoms with Crippen molar-refractivity contribution in [2.45, 2.75) is 6.42 Å². The van der Waals surface area contributed by atoms with Crippen molar-refractivity contribution < 1.29 is 9.53 Å². The first-order valence-electron chi connectivity index (χ1n) is 4.47. The second-order valence-corrected chi connectivity index (χ2v) is 3.26. The number of hydrogen-bond acceptors (Lipinski definition) is 3. The van der Waals surface area contributed by atoms with Crippen molar-refractivity contribution in [3.05, 3.63) is 23.3 Å². The molecule has 1 aromatic carbocycles. The van der Waals surface area contributed by atoms with E-state index in [1.54, 1.807) is 13.2 Å². The summed E-state index contributed by atoms with van der Waals surface area (Å²) in [6.45, 7) is 0.679. The Morgan fingerprint density at radius 3 is 3.00 bits per heavy atom. The Labute approximate surface area is 82.1 Å². The standard InChI is InChI=1S/C10H12N2O2/c1-14-9-4-6-2-3-12-10(13)7(6)5-8(9)11/h4-5H,2-3,11H2,1H3,(H,12,13). The lowest BCUT2D eigenvalue weighted by Crippen LogP contribution is -2.31. The van der Waals surface area contributed by atoms with Gasteiger partial charge in [0.25, 0.3) is 5.91 Å². The summed E-state index contributed by atoms with van der Waals surface area (Å²) >= 11 is 0. The van der Waals surface area contributed by atoms with Crippen LogP contribution < -0.4 is 15.8 Å². The van der Waals surface area contributed by atoms with Crippen molar-refractivity contribution in [1.29, 1.82) is 0 Å². The van der Waals surface area contributed by atoms with Gasteiger partial charge in [0.15, 0.2) is 0 Å². The van der Waals surface area contributed by atoms with Gasteiger partial charge in [0.1, 0.15) is 5.75 Å². The van der Waals surface area contributed by atoms with Crippen molar-refractivity contribution >= 4 is 11.6 Å². The van der Waals surface area contributed by atoms with Crippen molar-refractivity contribution in [2.24, 2.45) is 0 Å². The van der Waals surface area contributed by atoms with Crippen LogP contribution in [0.15, 0.2) is 12.1 Å². The number of fused-ring (bicyclic) bond motifs is 1. The molecular weight excluding hydrogens is 180 g/mol. The van der Waals surface area contributed by atoms with E-state index < -0.39 is 0 Å². The first-order chi connectivity index (χ1) is 6.72. The number of amides is 1. The summed E-state index contributed by atoms with van der Waals surface area (Å²) in [5.74, 6) is 0.582. The number of benzene rings is 1. The molecule has 14 heavy (non-hydrogen) atoms. The molecule has 0 saturated carbocycles. The number of anilines is 1. The van der Waals surface area contributed by atoms with Crippen LogP contribution in [0.25, 0.3) is 0 Å². The molecule has 1 heterocycles. The molecule has 1 aromatic rings. The molecule has 1 amide bonds. The van der Waals surface area contributed by atoms with E-state index in [-0.39, 0.29) is 5.91 Å². The number of nitrogen functional groups attached to an aromatic ring is 1. The molecule has 74 valence electrons. The lowest BCUT2D eigenvalue weighted by molar-refractivity contribution is 0.0946. The number of nitrogens with one attached hydrogen (secondary N) is 1. The number of nitrogens with two attached hydrogens (primary N) is 1. The average molecular weight is 192 g/mol. The smallest absolute Gasteiger partial charge is 0.251 e. The fourth-order valence-corrected chi connectivity index (χ4v) is 1.64. The van der Waals surface area contributed by atoms with Crippen LogP contribution in [-0.4, -0.2) is 19.6 Å². The normalized spacial score (nSPS) is 14.5. The first kappa shape index (κ1) is 8.87. The Morgan fingerprint density at radius 1 is 1.50 bits per heavy atom. The highest BCUT2D eigenvalue weighted by Crippen LogP contribution is 2.27. The van der Waals surface area contributed by atoms with Crippen LogP contribution in [0.2, 0.25) is 0 Å². The molecule has 0 saturated heterocycles. The van der Waals surface area contributed by atoms with Gasteiger partial charge in [-0.15, -0.1) is 0 Å². The predicted octanol–water partition coefficient (Wildman–Crippen LogP) is 0.563. The SMILES string of the molecule is COc1cc2c(cc1N)C(=O)NCC2.